The van der Waals surface area contributed by atoms with Crippen LogP contribution in [0.5, 0.6) is 0 Å². The number of barbiturate groups is 1. The predicted molar refractivity (Wildman–Crippen MR) is 135 cm³/mol. The Bertz CT molecular complexity index is 1380. The number of carbonyl (C=O) groups excluding carboxylic acids is 4. The Balaban J connectivity index is 1.61. The lowest BCUT2D eigenvalue weighted by atomic mass is 10.0. The maximum Gasteiger partial charge on any atom is 0.337 e. The Morgan fingerprint density at radius 1 is 1.03 bits per heavy atom. The molecule has 1 aliphatic rings. The van der Waals surface area contributed by atoms with Gasteiger partial charge in [0.05, 0.1) is 18.4 Å². The maximum atomic E-state index is 13.1. The second-order valence-electron chi connectivity index (χ2n) is 7.62. The van der Waals surface area contributed by atoms with Gasteiger partial charge in [-0.1, -0.05) is 57.9 Å². The molecule has 4 rings (SSSR count). The first-order valence-electron chi connectivity index (χ1n) is 10.4. The first kappa shape index (κ1) is 24.4. The number of hydrogen-bond donors (Lipinski definition) is 1. The molecule has 35 heavy (non-hydrogen) atoms. The van der Waals surface area contributed by atoms with Gasteiger partial charge in [-0.2, -0.15) is 0 Å². The van der Waals surface area contributed by atoms with Crippen LogP contribution in [0.15, 0.2) is 76.8 Å². The number of amides is 4. The zero-order valence-corrected chi connectivity index (χ0v) is 20.7. The Labute approximate surface area is 214 Å². The maximum absolute atomic E-state index is 13.1. The number of imide groups is 2. The highest BCUT2D eigenvalue weighted by molar-refractivity contribution is 9.10. The molecule has 9 heteroatoms. The van der Waals surface area contributed by atoms with Gasteiger partial charge in [-0.3, -0.25) is 14.9 Å². The molecule has 3 aromatic carbocycles. The summed E-state index contributed by atoms with van der Waals surface area (Å²) in [6.45, 7) is 0. The summed E-state index contributed by atoms with van der Waals surface area (Å²) in [6, 6.07) is 17.8. The molecule has 1 saturated heterocycles. The number of esters is 1. The van der Waals surface area contributed by atoms with Gasteiger partial charge in [0, 0.05) is 15.9 Å². The molecule has 1 N–H and O–H groups in total. The summed E-state index contributed by atoms with van der Waals surface area (Å²) in [5.41, 5.74) is 2.69. The molecular weight excluding hydrogens is 536 g/mol. The van der Waals surface area contributed by atoms with E-state index in [0.717, 1.165) is 20.5 Å². The van der Waals surface area contributed by atoms with Crippen LogP contribution in [-0.2, 0) is 20.7 Å². The highest BCUT2D eigenvalue weighted by Gasteiger charge is 2.36. The molecule has 0 unspecified atom stereocenters. The minimum Gasteiger partial charge on any atom is -0.465 e. The fourth-order valence-electron chi connectivity index (χ4n) is 3.57. The average molecular weight is 554 g/mol. The Morgan fingerprint density at radius 2 is 1.74 bits per heavy atom. The molecule has 0 radical (unpaired) electrons. The van der Waals surface area contributed by atoms with E-state index in [-0.39, 0.29) is 16.8 Å². The fraction of sp³-hybridized carbons (Fsp3) is 0.0769. The Kier molecular flexibility index (Phi) is 7.14. The normalized spacial score (nSPS) is 14.8. The molecule has 0 aromatic heterocycles. The van der Waals surface area contributed by atoms with Gasteiger partial charge >= 0.3 is 12.0 Å². The molecule has 176 valence electrons. The molecular formula is C26H18BrClN2O5. The number of urea groups is 1. The lowest BCUT2D eigenvalue weighted by Gasteiger charge is -2.26. The van der Waals surface area contributed by atoms with E-state index in [0.29, 0.717) is 17.0 Å². The number of anilines is 1. The summed E-state index contributed by atoms with van der Waals surface area (Å²) in [5.74, 6) is -2.16. The molecule has 1 aliphatic heterocycles. The monoisotopic (exact) mass is 552 g/mol. The van der Waals surface area contributed by atoms with Crippen LogP contribution in [0.3, 0.4) is 0 Å². The average Bonchev–Trinajstić information content (AvgIpc) is 2.84. The summed E-state index contributed by atoms with van der Waals surface area (Å²) in [4.78, 5) is 50.5. The first-order valence-corrected chi connectivity index (χ1v) is 11.6. The molecule has 3 aromatic rings. The third-order valence-corrected chi connectivity index (χ3v) is 6.50. The van der Waals surface area contributed by atoms with Crippen LogP contribution >= 0.6 is 27.5 Å². The van der Waals surface area contributed by atoms with Gasteiger partial charge in [-0.15, -0.1) is 0 Å². The molecule has 1 heterocycles. The summed E-state index contributed by atoms with van der Waals surface area (Å²) in [5, 5.41) is 2.65. The van der Waals surface area contributed by atoms with Crippen LogP contribution in [0, 0.1) is 0 Å². The summed E-state index contributed by atoms with van der Waals surface area (Å²) < 4.78 is 5.62. The van der Waals surface area contributed by atoms with E-state index in [4.69, 9.17) is 11.6 Å². The van der Waals surface area contributed by atoms with Gasteiger partial charge < -0.3 is 4.74 Å². The van der Waals surface area contributed by atoms with Crippen LogP contribution in [0.1, 0.15) is 27.0 Å². The van der Waals surface area contributed by atoms with E-state index in [9.17, 15) is 19.2 Å². The molecule has 7 nitrogen and oxygen atoms in total. The third kappa shape index (κ3) is 5.18. The molecule has 4 amide bonds. The van der Waals surface area contributed by atoms with Gasteiger partial charge in [0.2, 0.25) is 0 Å². The van der Waals surface area contributed by atoms with Crippen molar-refractivity contribution in [1.82, 2.24) is 5.32 Å². The molecule has 0 bridgehead atoms. The molecule has 0 atom stereocenters. The number of carbonyl (C=O) groups is 4. The van der Waals surface area contributed by atoms with Gasteiger partial charge in [0.25, 0.3) is 11.8 Å². The minimum absolute atomic E-state index is 0.195. The van der Waals surface area contributed by atoms with Crippen molar-refractivity contribution >= 4 is 63.1 Å². The number of nitrogens with one attached hydrogen (secondary N) is 1. The second-order valence-corrected chi connectivity index (χ2v) is 8.88. The van der Waals surface area contributed by atoms with Gasteiger partial charge in [-0.25, -0.2) is 14.5 Å². The van der Waals surface area contributed by atoms with E-state index in [2.05, 4.69) is 26.0 Å². The van der Waals surface area contributed by atoms with Crippen LogP contribution in [0.4, 0.5) is 10.5 Å². The largest absolute Gasteiger partial charge is 0.465 e. The molecule has 0 spiro atoms. The zero-order valence-electron chi connectivity index (χ0n) is 18.4. The van der Waals surface area contributed by atoms with Crippen molar-refractivity contribution in [3.63, 3.8) is 0 Å². The summed E-state index contributed by atoms with van der Waals surface area (Å²) in [6.07, 6.45) is 1.98. The van der Waals surface area contributed by atoms with Crippen LogP contribution in [0.25, 0.3) is 6.08 Å². The highest BCUT2D eigenvalue weighted by Crippen LogP contribution is 2.27. The van der Waals surface area contributed by atoms with E-state index in [1.807, 2.05) is 30.3 Å². The van der Waals surface area contributed by atoms with E-state index in [1.54, 1.807) is 12.1 Å². The number of halogens is 2. The molecule has 0 saturated carbocycles. The predicted octanol–water partition coefficient (Wildman–Crippen LogP) is 5.15. The minimum atomic E-state index is -0.884. The van der Waals surface area contributed by atoms with Crippen LogP contribution < -0.4 is 10.2 Å². The standard InChI is InChI=1S/C26H18BrClN2O5/c1-35-25(33)16-8-10-19(11-9-16)30-24(32)20(23(31)29-26(30)34)12-15-6-7-18(22(28)13-15)14-17-4-2-3-5-21(17)27/h2-13H,14H2,1H3,(H,29,31,34)/b20-12+. The zero-order chi connectivity index (χ0) is 25.1. The van der Waals surface area contributed by atoms with E-state index in [1.165, 1.54) is 37.5 Å². The number of rotatable bonds is 5. The third-order valence-electron chi connectivity index (χ3n) is 5.38. The summed E-state index contributed by atoms with van der Waals surface area (Å²) >= 11 is 10.0. The number of benzene rings is 3. The fourth-order valence-corrected chi connectivity index (χ4v) is 4.25. The van der Waals surface area contributed by atoms with Gasteiger partial charge in [0.1, 0.15) is 5.57 Å². The lowest BCUT2D eigenvalue weighted by molar-refractivity contribution is -0.122. The number of ether oxygens (including phenoxy) is 1. The topological polar surface area (TPSA) is 92.8 Å². The van der Waals surface area contributed by atoms with Crippen molar-refractivity contribution in [3.05, 3.63) is 104 Å². The van der Waals surface area contributed by atoms with Crippen molar-refractivity contribution in [1.29, 1.82) is 0 Å². The number of nitrogens with zero attached hydrogens (tertiary/aromatic N) is 1. The van der Waals surface area contributed by atoms with E-state index >= 15 is 0 Å². The van der Waals surface area contributed by atoms with Crippen LogP contribution in [-0.4, -0.2) is 30.9 Å². The van der Waals surface area contributed by atoms with Crippen molar-refractivity contribution in [3.8, 4) is 0 Å². The summed E-state index contributed by atoms with van der Waals surface area (Å²) in [7, 11) is 1.25. The molecule has 0 aliphatic carbocycles. The smallest absolute Gasteiger partial charge is 0.337 e. The molecule has 1 fully saturated rings. The Morgan fingerprint density at radius 3 is 2.40 bits per heavy atom. The second kappa shape index (κ2) is 10.2. The highest BCUT2D eigenvalue weighted by atomic mass is 79.9. The number of hydrogen-bond acceptors (Lipinski definition) is 5. The van der Waals surface area contributed by atoms with Crippen molar-refractivity contribution in [2.75, 3.05) is 12.0 Å². The van der Waals surface area contributed by atoms with E-state index < -0.39 is 23.8 Å². The quantitative estimate of drug-likeness (QED) is 0.268. The lowest BCUT2D eigenvalue weighted by Crippen LogP contribution is -2.54. The SMILES string of the molecule is COC(=O)c1ccc(N2C(=O)NC(=O)/C(=C\c3ccc(Cc4ccccc4Br)c(Cl)c3)C2=O)cc1. The van der Waals surface area contributed by atoms with Crippen LogP contribution in [0.2, 0.25) is 5.02 Å². The van der Waals surface area contributed by atoms with Crippen molar-refractivity contribution in [2.24, 2.45) is 0 Å². The van der Waals surface area contributed by atoms with Gasteiger partial charge in [-0.05, 0) is 59.2 Å². The number of methoxy groups -OCH3 is 1. The van der Waals surface area contributed by atoms with Gasteiger partial charge in [0.15, 0.2) is 0 Å². The van der Waals surface area contributed by atoms with Crippen molar-refractivity contribution < 1.29 is 23.9 Å². The van der Waals surface area contributed by atoms with Crippen molar-refractivity contribution in [2.45, 2.75) is 6.42 Å². The Hall–Kier alpha value is -3.75. The first-order chi connectivity index (χ1) is 16.8.